The van der Waals surface area contributed by atoms with Crippen LogP contribution in [0.5, 0.6) is 0 Å². The summed E-state index contributed by atoms with van der Waals surface area (Å²) in [6, 6.07) is 17.6. The lowest BCUT2D eigenvalue weighted by Crippen LogP contribution is -2.36. The molecule has 0 bridgehead atoms. The molecule has 0 saturated heterocycles. The van der Waals surface area contributed by atoms with E-state index in [0.29, 0.717) is 18.7 Å². The lowest BCUT2D eigenvalue weighted by molar-refractivity contribution is 0.0945. The molecule has 2 aromatic rings. The molecule has 0 aliphatic carbocycles. The van der Waals surface area contributed by atoms with Gasteiger partial charge in [0.2, 0.25) is 0 Å². The minimum absolute atomic E-state index is 0.0608. The van der Waals surface area contributed by atoms with Crippen molar-refractivity contribution in [3.63, 3.8) is 0 Å². The van der Waals surface area contributed by atoms with Crippen molar-refractivity contribution < 1.29 is 4.79 Å². The van der Waals surface area contributed by atoms with Gasteiger partial charge in [-0.1, -0.05) is 56.3 Å². The van der Waals surface area contributed by atoms with Gasteiger partial charge in [0.05, 0.1) is 0 Å². The summed E-state index contributed by atoms with van der Waals surface area (Å²) in [5.74, 6) is -0.0608. The Hall–Kier alpha value is -2.13. The summed E-state index contributed by atoms with van der Waals surface area (Å²) < 4.78 is 0. The molecule has 3 nitrogen and oxygen atoms in total. The molecule has 0 radical (unpaired) electrons. The quantitative estimate of drug-likeness (QED) is 0.886. The highest BCUT2D eigenvalue weighted by atomic mass is 16.1. The van der Waals surface area contributed by atoms with E-state index in [1.807, 2.05) is 42.5 Å². The standard InChI is InChI=1S/C18H22N2O/c1-18(2,16-9-4-3-5-10-16)13-20-17(21)15-8-6-7-14(11-15)12-19/h3-11H,12-13,19H2,1-2H3,(H,20,21). The number of hydrogen-bond donors (Lipinski definition) is 2. The third-order valence-corrected chi connectivity index (χ3v) is 3.67. The summed E-state index contributed by atoms with van der Waals surface area (Å²) in [4.78, 5) is 12.2. The van der Waals surface area contributed by atoms with Crippen molar-refractivity contribution in [1.82, 2.24) is 5.32 Å². The molecule has 21 heavy (non-hydrogen) atoms. The first kappa shape index (κ1) is 15.3. The van der Waals surface area contributed by atoms with Gasteiger partial charge in [-0.05, 0) is 23.3 Å². The number of amides is 1. The van der Waals surface area contributed by atoms with Gasteiger partial charge in [0.15, 0.2) is 0 Å². The minimum Gasteiger partial charge on any atom is -0.351 e. The van der Waals surface area contributed by atoms with Crippen LogP contribution in [0.2, 0.25) is 0 Å². The molecule has 1 amide bonds. The molecule has 3 heteroatoms. The van der Waals surface area contributed by atoms with Crippen LogP contribution in [0.25, 0.3) is 0 Å². The lowest BCUT2D eigenvalue weighted by Gasteiger charge is -2.25. The van der Waals surface area contributed by atoms with E-state index in [2.05, 4.69) is 31.3 Å². The average Bonchev–Trinajstić information content (AvgIpc) is 2.53. The van der Waals surface area contributed by atoms with E-state index in [1.54, 1.807) is 0 Å². The first-order valence-corrected chi connectivity index (χ1v) is 7.16. The Kier molecular flexibility index (Phi) is 4.76. The fourth-order valence-corrected chi connectivity index (χ4v) is 2.23. The maximum Gasteiger partial charge on any atom is 0.251 e. The van der Waals surface area contributed by atoms with Crippen molar-refractivity contribution in [2.75, 3.05) is 6.54 Å². The molecular formula is C18H22N2O. The van der Waals surface area contributed by atoms with Gasteiger partial charge in [-0.15, -0.1) is 0 Å². The molecule has 0 aromatic heterocycles. The predicted octanol–water partition coefficient (Wildman–Crippen LogP) is 2.85. The molecule has 0 aliphatic rings. The molecule has 0 spiro atoms. The number of hydrogen-bond acceptors (Lipinski definition) is 2. The number of nitrogens with one attached hydrogen (secondary N) is 1. The fraction of sp³-hybridized carbons (Fsp3) is 0.278. The Balaban J connectivity index is 2.03. The number of nitrogens with two attached hydrogens (primary N) is 1. The molecule has 3 N–H and O–H groups in total. The molecule has 2 rings (SSSR count). The molecular weight excluding hydrogens is 260 g/mol. The Morgan fingerprint density at radius 3 is 2.48 bits per heavy atom. The maximum atomic E-state index is 12.2. The Morgan fingerprint density at radius 2 is 1.81 bits per heavy atom. The van der Waals surface area contributed by atoms with Crippen LogP contribution in [0.4, 0.5) is 0 Å². The zero-order valence-electron chi connectivity index (χ0n) is 12.6. The number of carbonyl (C=O) groups is 1. The van der Waals surface area contributed by atoms with Crippen molar-refractivity contribution in [2.45, 2.75) is 25.8 Å². The van der Waals surface area contributed by atoms with E-state index in [1.165, 1.54) is 5.56 Å². The molecule has 2 aromatic carbocycles. The third kappa shape index (κ3) is 3.92. The fourth-order valence-electron chi connectivity index (χ4n) is 2.23. The zero-order valence-corrected chi connectivity index (χ0v) is 12.6. The van der Waals surface area contributed by atoms with Gasteiger partial charge in [0, 0.05) is 24.1 Å². The largest absolute Gasteiger partial charge is 0.351 e. The lowest BCUT2D eigenvalue weighted by atomic mass is 9.84. The zero-order chi connectivity index (χ0) is 15.3. The monoisotopic (exact) mass is 282 g/mol. The SMILES string of the molecule is CC(C)(CNC(=O)c1cccc(CN)c1)c1ccccc1. The van der Waals surface area contributed by atoms with Crippen LogP contribution in [0.3, 0.4) is 0 Å². The van der Waals surface area contributed by atoms with Crippen molar-refractivity contribution in [3.05, 3.63) is 71.3 Å². The predicted molar refractivity (Wildman–Crippen MR) is 86.1 cm³/mol. The normalized spacial score (nSPS) is 11.2. The van der Waals surface area contributed by atoms with Crippen molar-refractivity contribution in [1.29, 1.82) is 0 Å². The Morgan fingerprint density at radius 1 is 1.10 bits per heavy atom. The number of benzene rings is 2. The van der Waals surface area contributed by atoms with Gasteiger partial charge >= 0.3 is 0 Å². The van der Waals surface area contributed by atoms with Gasteiger partial charge in [-0.3, -0.25) is 4.79 Å². The number of carbonyl (C=O) groups excluding carboxylic acids is 1. The topological polar surface area (TPSA) is 55.1 Å². The second kappa shape index (κ2) is 6.55. The molecule has 0 heterocycles. The van der Waals surface area contributed by atoms with E-state index >= 15 is 0 Å². The smallest absolute Gasteiger partial charge is 0.251 e. The van der Waals surface area contributed by atoms with Gasteiger partial charge in [0.25, 0.3) is 5.91 Å². The molecule has 0 saturated carbocycles. The van der Waals surface area contributed by atoms with Crippen molar-refractivity contribution in [2.24, 2.45) is 5.73 Å². The van der Waals surface area contributed by atoms with Crippen molar-refractivity contribution in [3.8, 4) is 0 Å². The highest BCUT2D eigenvalue weighted by Crippen LogP contribution is 2.21. The minimum atomic E-state index is -0.109. The van der Waals surface area contributed by atoms with Crippen molar-refractivity contribution >= 4 is 5.91 Å². The maximum absolute atomic E-state index is 12.2. The van der Waals surface area contributed by atoms with Crippen LogP contribution in [0, 0.1) is 0 Å². The highest BCUT2D eigenvalue weighted by molar-refractivity contribution is 5.94. The summed E-state index contributed by atoms with van der Waals surface area (Å²) in [6.07, 6.45) is 0. The first-order valence-electron chi connectivity index (χ1n) is 7.16. The van der Waals surface area contributed by atoms with E-state index < -0.39 is 0 Å². The highest BCUT2D eigenvalue weighted by Gasteiger charge is 2.21. The van der Waals surface area contributed by atoms with E-state index in [-0.39, 0.29) is 11.3 Å². The Labute approximate surface area is 126 Å². The summed E-state index contributed by atoms with van der Waals surface area (Å²) in [5, 5.41) is 3.01. The molecule has 0 fully saturated rings. The van der Waals surface area contributed by atoms with Crippen LogP contribution in [0.15, 0.2) is 54.6 Å². The average molecular weight is 282 g/mol. The van der Waals surface area contributed by atoms with Gasteiger partial charge in [-0.25, -0.2) is 0 Å². The van der Waals surface area contributed by atoms with Gasteiger partial charge < -0.3 is 11.1 Å². The van der Waals surface area contributed by atoms with Crippen LogP contribution < -0.4 is 11.1 Å². The molecule has 0 aliphatic heterocycles. The van der Waals surface area contributed by atoms with Gasteiger partial charge in [-0.2, -0.15) is 0 Å². The third-order valence-electron chi connectivity index (χ3n) is 3.67. The van der Waals surface area contributed by atoms with Crippen LogP contribution in [0.1, 0.15) is 35.3 Å². The Bertz CT molecular complexity index is 606. The van der Waals surface area contributed by atoms with Gasteiger partial charge in [0.1, 0.15) is 0 Å². The first-order chi connectivity index (χ1) is 10.0. The van der Waals surface area contributed by atoms with E-state index in [4.69, 9.17) is 5.73 Å². The van der Waals surface area contributed by atoms with Crippen LogP contribution in [-0.4, -0.2) is 12.5 Å². The summed E-state index contributed by atoms with van der Waals surface area (Å²) >= 11 is 0. The number of rotatable bonds is 5. The molecule has 0 atom stereocenters. The van der Waals surface area contributed by atoms with E-state index in [0.717, 1.165) is 5.56 Å². The second-order valence-corrected chi connectivity index (χ2v) is 5.84. The van der Waals surface area contributed by atoms with Crippen LogP contribution >= 0.6 is 0 Å². The summed E-state index contributed by atoms with van der Waals surface area (Å²) in [7, 11) is 0. The molecule has 0 unspecified atom stereocenters. The van der Waals surface area contributed by atoms with E-state index in [9.17, 15) is 4.79 Å². The molecule has 110 valence electrons. The summed E-state index contributed by atoms with van der Waals surface area (Å²) in [5.41, 5.74) is 8.32. The van der Waals surface area contributed by atoms with Crippen LogP contribution in [-0.2, 0) is 12.0 Å². The second-order valence-electron chi connectivity index (χ2n) is 5.84. The summed E-state index contributed by atoms with van der Waals surface area (Å²) in [6.45, 7) is 5.27.